The van der Waals surface area contributed by atoms with Crippen LogP contribution in [0.15, 0.2) is 38.0 Å². The number of aliphatic hydroxyl groups is 3. The molecule has 3 unspecified atom stereocenters. The summed E-state index contributed by atoms with van der Waals surface area (Å²) < 4.78 is 0. The van der Waals surface area contributed by atoms with Crippen LogP contribution in [0.5, 0.6) is 0 Å². The van der Waals surface area contributed by atoms with Crippen LogP contribution >= 0.6 is 0 Å². The third-order valence-electron chi connectivity index (χ3n) is 1.69. The summed E-state index contributed by atoms with van der Waals surface area (Å²) in [6.45, 7) is 10.1. The maximum atomic E-state index is 9.35. The Morgan fingerprint density at radius 2 is 1.00 bits per heavy atom. The summed E-state index contributed by atoms with van der Waals surface area (Å²) in [6.07, 6.45) is 0.446. The summed E-state index contributed by atoms with van der Waals surface area (Å²) in [7, 11) is 0. The van der Waals surface area contributed by atoms with Gasteiger partial charge in [0.25, 0.3) is 0 Å². The normalized spacial score (nSPS) is 19.6. The smallest absolute Gasteiger partial charge is 0.213 e. The maximum Gasteiger partial charge on any atom is 0.213 e. The molecule has 0 bridgehead atoms. The Bertz CT molecular complexity index is 160. The van der Waals surface area contributed by atoms with Gasteiger partial charge in [0, 0.05) is 0 Å². The van der Waals surface area contributed by atoms with Crippen LogP contribution in [0.2, 0.25) is 0 Å². The molecule has 0 aliphatic carbocycles. The Balaban J connectivity index is 4.61. The van der Waals surface area contributed by atoms with Crippen LogP contribution in [-0.4, -0.2) is 34.0 Å². The molecule has 0 aromatic rings. The van der Waals surface area contributed by atoms with Crippen molar-refractivity contribution in [3.63, 3.8) is 0 Å². The van der Waals surface area contributed by atoms with Crippen molar-refractivity contribution in [1.29, 1.82) is 0 Å². The van der Waals surface area contributed by atoms with Crippen molar-refractivity contribution in [3.8, 4) is 0 Å². The Hall–Kier alpha value is -0.940. The fraction of sp³-hybridized carbons (Fsp3) is 0.333. The molecule has 4 nitrogen and oxygen atoms in total. The standard InChI is InChI=1S/C9H15NO3/c1-4-7(11)10(8(12)5-2)9(13)6-3/h4-9,11-13H,1-3H2/p+1. The Morgan fingerprint density at radius 3 is 1.15 bits per heavy atom. The van der Waals surface area contributed by atoms with Gasteiger partial charge in [-0.2, -0.15) is 0 Å². The molecule has 4 heteroatoms. The van der Waals surface area contributed by atoms with Crippen LogP contribution in [0, 0.1) is 0 Å². The summed E-state index contributed by atoms with van der Waals surface area (Å²) in [6, 6.07) is 0. The molecule has 0 aromatic heterocycles. The van der Waals surface area contributed by atoms with E-state index in [-0.39, 0.29) is 4.90 Å². The summed E-state index contributed by atoms with van der Waals surface area (Å²) in [5, 5.41) is 28.1. The lowest BCUT2D eigenvalue weighted by atomic mass is 10.3. The minimum Gasteiger partial charge on any atom is -0.341 e. The summed E-state index contributed by atoms with van der Waals surface area (Å²) >= 11 is 0. The fourth-order valence-electron chi connectivity index (χ4n) is 0.933. The van der Waals surface area contributed by atoms with Crippen molar-refractivity contribution in [2.45, 2.75) is 18.7 Å². The Kier molecular flexibility index (Phi) is 5.25. The average Bonchev–Trinajstić information content (AvgIpc) is 2.16. The largest absolute Gasteiger partial charge is 0.341 e. The highest BCUT2D eigenvalue weighted by Gasteiger charge is 2.28. The molecule has 13 heavy (non-hydrogen) atoms. The second-order valence-electron chi connectivity index (χ2n) is 2.54. The number of hydrogen-bond acceptors (Lipinski definition) is 3. The number of quaternary nitrogens is 1. The number of rotatable bonds is 6. The topological polar surface area (TPSA) is 65.1 Å². The predicted molar refractivity (Wildman–Crippen MR) is 49.6 cm³/mol. The van der Waals surface area contributed by atoms with E-state index in [1.54, 1.807) is 0 Å². The van der Waals surface area contributed by atoms with E-state index < -0.39 is 18.7 Å². The predicted octanol–water partition coefficient (Wildman–Crippen LogP) is -1.62. The van der Waals surface area contributed by atoms with Crippen LogP contribution in [0.25, 0.3) is 0 Å². The van der Waals surface area contributed by atoms with Crippen LogP contribution in [-0.2, 0) is 0 Å². The minimum absolute atomic E-state index is 0.111. The summed E-state index contributed by atoms with van der Waals surface area (Å²) in [5.41, 5.74) is 0. The minimum atomic E-state index is -1.07. The molecule has 0 aliphatic heterocycles. The first-order chi connectivity index (χ1) is 6.08. The molecule has 0 fully saturated rings. The highest BCUT2D eigenvalue weighted by molar-refractivity contribution is 4.78. The van der Waals surface area contributed by atoms with E-state index in [9.17, 15) is 15.3 Å². The number of nitrogens with one attached hydrogen (secondary N) is 1. The highest BCUT2D eigenvalue weighted by Crippen LogP contribution is 1.82. The summed E-state index contributed by atoms with van der Waals surface area (Å²) in [4.78, 5) is 0.111. The van der Waals surface area contributed by atoms with Gasteiger partial charge in [-0.05, 0) is 18.2 Å². The second-order valence-corrected chi connectivity index (χ2v) is 2.54. The molecule has 0 aromatic carbocycles. The third-order valence-corrected chi connectivity index (χ3v) is 1.69. The molecule has 0 saturated carbocycles. The lowest BCUT2D eigenvalue weighted by Gasteiger charge is -2.27. The molecule has 0 aliphatic rings. The van der Waals surface area contributed by atoms with Crippen LogP contribution in [0.3, 0.4) is 0 Å². The molecule has 0 spiro atoms. The van der Waals surface area contributed by atoms with Crippen LogP contribution < -0.4 is 4.90 Å². The van der Waals surface area contributed by atoms with Crippen molar-refractivity contribution in [2.75, 3.05) is 0 Å². The van der Waals surface area contributed by atoms with Gasteiger partial charge in [0.2, 0.25) is 18.7 Å². The molecule has 0 saturated heterocycles. The van der Waals surface area contributed by atoms with Gasteiger partial charge in [-0.1, -0.05) is 19.7 Å². The maximum absolute atomic E-state index is 9.35. The summed E-state index contributed by atoms with van der Waals surface area (Å²) in [5.74, 6) is 0. The van der Waals surface area contributed by atoms with Gasteiger partial charge >= 0.3 is 0 Å². The average molecular weight is 186 g/mol. The van der Waals surface area contributed by atoms with E-state index >= 15 is 0 Å². The fourth-order valence-corrected chi connectivity index (χ4v) is 0.933. The van der Waals surface area contributed by atoms with Gasteiger partial charge in [-0.25, -0.2) is 4.90 Å². The first kappa shape index (κ1) is 12.1. The van der Waals surface area contributed by atoms with Crippen LogP contribution in [0.1, 0.15) is 0 Å². The molecule has 0 heterocycles. The molecule has 3 atom stereocenters. The van der Waals surface area contributed by atoms with Gasteiger partial charge in [-0.3, -0.25) is 0 Å². The van der Waals surface area contributed by atoms with E-state index in [1.165, 1.54) is 18.2 Å². The van der Waals surface area contributed by atoms with Crippen molar-refractivity contribution >= 4 is 0 Å². The lowest BCUT2D eigenvalue weighted by molar-refractivity contribution is -1.01. The molecule has 0 amide bonds. The first-order valence-electron chi connectivity index (χ1n) is 3.87. The van der Waals surface area contributed by atoms with Gasteiger partial charge in [0.05, 0.1) is 0 Å². The van der Waals surface area contributed by atoms with Gasteiger partial charge in [0.1, 0.15) is 0 Å². The molecule has 74 valence electrons. The number of aliphatic hydroxyl groups excluding tert-OH is 3. The van der Waals surface area contributed by atoms with E-state index in [4.69, 9.17) is 0 Å². The first-order valence-corrected chi connectivity index (χ1v) is 3.87. The second kappa shape index (κ2) is 5.66. The zero-order valence-corrected chi connectivity index (χ0v) is 7.43. The van der Waals surface area contributed by atoms with Crippen LogP contribution in [0.4, 0.5) is 0 Å². The van der Waals surface area contributed by atoms with E-state index in [1.807, 2.05) is 0 Å². The molecular formula is C9H16NO3+. The van der Waals surface area contributed by atoms with E-state index in [0.717, 1.165) is 0 Å². The highest BCUT2D eigenvalue weighted by atomic mass is 16.4. The van der Waals surface area contributed by atoms with Crippen molar-refractivity contribution in [1.82, 2.24) is 0 Å². The van der Waals surface area contributed by atoms with Crippen molar-refractivity contribution < 1.29 is 20.2 Å². The van der Waals surface area contributed by atoms with Gasteiger partial charge in [-0.15, -0.1) is 0 Å². The van der Waals surface area contributed by atoms with Crippen molar-refractivity contribution in [3.05, 3.63) is 38.0 Å². The third kappa shape index (κ3) is 3.12. The Morgan fingerprint density at radius 1 is 0.769 bits per heavy atom. The quantitative estimate of drug-likeness (QED) is 0.298. The van der Waals surface area contributed by atoms with Crippen molar-refractivity contribution in [2.24, 2.45) is 0 Å². The molecular weight excluding hydrogens is 170 g/mol. The van der Waals surface area contributed by atoms with Gasteiger partial charge in [0.15, 0.2) is 0 Å². The van der Waals surface area contributed by atoms with E-state index in [0.29, 0.717) is 0 Å². The Labute approximate surface area is 77.7 Å². The zero-order chi connectivity index (χ0) is 10.4. The molecule has 0 radical (unpaired) electrons. The SMILES string of the molecule is C=CC(O)[NH+](C(O)C=C)C(O)C=C. The zero-order valence-electron chi connectivity index (χ0n) is 7.43. The molecule has 4 N–H and O–H groups in total. The van der Waals surface area contributed by atoms with E-state index in [2.05, 4.69) is 19.7 Å². The number of hydrogen-bond donors (Lipinski definition) is 4. The molecule has 0 rings (SSSR count). The van der Waals surface area contributed by atoms with Gasteiger partial charge < -0.3 is 15.3 Å². The monoisotopic (exact) mass is 186 g/mol. The lowest BCUT2D eigenvalue weighted by Crippen LogP contribution is -3.22.